The summed E-state index contributed by atoms with van der Waals surface area (Å²) in [7, 11) is 3.20. The topological polar surface area (TPSA) is 73.3 Å². The van der Waals surface area contributed by atoms with Crippen LogP contribution in [0.3, 0.4) is 0 Å². The highest BCUT2D eigenvalue weighted by Crippen LogP contribution is 2.35. The second-order valence-corrected chi connectivity index (χ2v) is 9.38. The number of carbonyl (C=O) groups is 1. The predicted octanol–water partition coefficient (Wildman–Crippen LogP) is 5.54. The number of carbonyl (C=O) groups excluding carboxylic acids is 1. The molecular weight excluding hydrogens is 454 g/mol. The summed E-state index contributed by atoms with van der Waals surface area (Å²) in [5, 5.41) is 6.81. The Bertz CT molecular complexity index is 1260. The molecule has 4 rings (SSSR count). The lowest BCUT2D eigenvalue weighted by Gasteiger charge is -2.08. The van der Waals surface area contributed by atoms with E-state index in [-0.39, 0.29) is 5.91 Å². The van der Waals surface area contributed by atoms with Gasteiger partial charge in [0.1, 0.15) is 14.9 Å². The van der Waals surface area contributed by atoms with Crippen LogP contribution in [0.2, 0.25) is 0 Å². The average Bonchev–Trinajstić information content (AvgIpc) is 3.46. The highest BCUT2D eigenvalue weighted by molar-refractivity contribution is 7.17. The Balaban J connectivity index is 1.39. The van der Waals surface area contributed by atoms with Crippen LogP contribution in [0.5, 0.6) is 11.5 Å². The van der Waals surface area contributed by atoms with Crippen molar-refractivity contribution in [3.8, 4) is 32.6 Å². The van der Waals surface area contributed by atoms with Gasteiger partial charge in [-0.3, -0.25) is 4.79 Å². The van der Waals surface area contributed by atoms with Crippen LogP contribution in [0.25, 0.3) is 21.1 Å². The fourth-order valence-corrected chi connectivity index (χ4v) is 5.17. The number of nitrogens with zero attached hydrogens (tertiary/aromatic N) is 2. The van der Waals surface area contributed by atoms with Gasteiger partial charge in [-0.2, -0.15) is 0 Å². The molecule has 2 heterocycles. The Hall–Kier alpha value is -3.23. The fourth-order valence-electron chi connectivity index (χ4n) is 3.33. The molecule has 1 N–H and O–H groups in total. The lowest BCUT2D eigenvalue weighted by Crippen LogP contribution is -2.25. The van der Waals surface area contributed by atoms with E-state index in [4.69, 9.17) is 14.5 Å². The molecule has 2 aromatic carbocycles. The zero-order valence-corrected chi connectivity index (χ0v) is 20.6. The van der Waals surface area contributed by atoms with E-state index in [0.29, 0.717) is 35.0 Å². The van der Waals surface area contributed by atoms with E-state index in [0.717, 1.165) is 26.8 Å². The summed E-state index contributed by atoms with van der Waals surface area (Å²) in [6, 6.07) is 14.0. The van der Waals surface area contributed by atoms with Gasteiger partial charge in [-0.05, 0) is 32.0 Å². The van der Waals surface area contributed by atoms with Gasteiger partial charge in [-0.1, -0.05) is 29.8 Å². The molecule has 0 atom stereocenters. The molecule has 1 amide bonds. The SMILES string of the molecule is COc1ccc(-c2nc(C)c(C(=O)NCCc3csc(-c4ccc(C)cc4)n3)s2)cc1OC. The number of hydrogen-bond donors (Lipinski definition) is 1. The second kappa shape index (κ2) is 10.1. The number of thiazole rings is 2. The van der Waals surface area contributed by atoms with Crippen LogP contribution in [0.1, 0.15) is 26.6 Å². The molecule has 0 saturated heterocycles. The number of nitrogens with one attached hydrogen (secondary N) is 1. The van der Waals surface area contributed by atoms with Crippen molar-refractivity contribution in [2.24, 2.45) is 0 Å². The quantitative estimate of drug-likeness (QED) is 0.359. The Kier molecular flexibility index (Phi) is 7.05. The van der Waals surface area contributed by atoms with Crippen molar-refractivity contribution in [1.82, 2.24) is 15.3 Å². The Morgan fingerprint density at radius 2 is 1.67 bits per heavy atom. The summed E-state index contributed by atoms with van der Waals surface area (Å²) in [5.74, 6) is 1.16. The third kappa shape index (κ3) is 5.23. The van der Waals surface area contributed by atoms with E-state index in [1.807, 2.05) is 25.1 Å². The van der Waals surface area contributed by atoms with Crippen LogP contribution >= 0.6 is 22.7 Å². The molecule has 170 valence electrons. The van der Waals surface area contributed by atoms with Gasteiger partial charge in [-0.15, -0.1) is 22.7 Å². The number of aryl methyl sites for hydroxylation is 2. The lowest BCUT2D eigenvalue weighted by molar-refractivity contribution is 0.0957. The minimum absolute atomic E-state index is 0.120. The van der Waals surface area contributed by atoms with Crippen molar-refractivity contribution in [2.45, 2.75) is 20.3 Å². The number of amides is 1. The molecule has 0 unspecified atom stereocenters. The fraction of sp³-hybridized carbons (Fsp3) is 0.240. The highest BCUT2D eigenvalue weighted by atomic mass is 32.1. The highest BCUT2D eigenvalue weighted by Gasteiger charge is 2.17. The predicted molar refractivity (Wildman–Crippen MR) is 134 cm³/mol. The third-order valence-electron chi connectivity index (χ3n) is 5.15. The molecule has 0 bridgehead atoms. The Morgan fingerprint density at radius 3 is 2.39 bits per heavy atom. The van der Waals surface area contributed by atoms with E-state index in [1.54, 1.807) is 25.6 Å². The van der Waals surface area contributed by atoms with Gasteiger partial charge >= 0.3 is 0 Å². The van der Waals surface area contributed by atoms with Crippen molar-refractivity contribution in [1.29, 1.82) is 0 Å². The van der Waals surface area contributed by atoms with E-state index >= 15 is 0 Å². The second-order valence-electron chi connectivity index (χ2n) is 7.52. The molecule has 0 saturated carbocycles. The maximum absolute atomic E-state index is 12.8. The number of benzene rings is 2. The smallest absolute Gasteiger partial charge is 0.263 e. The van der Waals surface area contributed by atoms with Gasteiger partial charge in [0.05, 0.1) is 25.6 Å². The first kappa shape index (κ1) is 22.9. The van der Waals surface area contributed by atoms with Crippen molar-refractivity contribution in [3.05, 3.63) is 69.7 Å². The maximum Gasteiger partial charge on any atom is 0.263 e. The van der Waals surface area contributed by atoms with Gasteiger partial charge in [0.25, 0.3) is 5.91 Å². The van der Waals surface area contributed by atoms with Gasteiger partial charge in [0, 0.05) is 29.5 Å². The molecule has 33 heavy (non-hydrogen) atoms. The van der Waals surface area contributed by atoms with Crippen molar-refractivity contribution in [3.63, 3.8) is 0 Å². The van der Waals surface area contributed by atoms with Crippen molar-refractivity contribution in [2.75, 3.05) is 20.8 Å². The molecule has 0 spiro atoms. The summed E-state index contributed by atoms with van der Waals surface area (Å²) >= 11 is 2.99. The molecule has 0 radical (unpaired) electrons. The van der Waals surface area contributed by atoms with Crippen LogP contribution in [-0.2, 0) is 6.42 Å². The van der Waals surface area contributed by atoms with Gasteiger partial charge in [0.2, 0.25) is 0 Å². The molecule has 0 fully saturated rings. The minimum atomic E-state index is -0.120. The Labute approximate surface area is 201 Å². The summed E-state index contributed by atoms with van der Waals surface area (Å²) in [4.78, 5) is 22.7. The van der Waals surface area contributed by atoms with Gasteiger partial charge in [0.15, 0.2) is 11.5 Å². The van der Waals surface area contributed by atoms with Crippen LogP contribution in [-0.4, -0.2) is 36.6 Å². The number of hydrogen-bond acceptors (Lipinski definition) is 7. The standard InChI is InChI=1S/C25H25N3O3S2/c1-15-5-7-17(8-6-15)24-28-19(14-32-24)11-12-26-23(29)22-16(2)27-25(33-22)18-9-10-20(30-3)21(13-18)31-4/h5-10,13-14H,11-12H2,1-4H3,(H,26,29). The van der Waals surface area contributed by atoms with Gasteiger partial charge in [-0.25, -0.2) is 9.97 Å². The summed E-state index contributed by atoms with van der Waals surface area (Å²) in [5.41, 5.74) is 4.90. The monoisotopic (exact) mass is 479 g/mol. The molecule has 4 aromatic rings. The molecule has 6 nitrogen and oxygen atoms in total. The zero-order chi connectivity index (χ0) is 23.4. The molecule has 0 aliphatic rings. The summed E-state index contributed by atoms with van der Waals surface area (Å²) < 4.78 is 10.7. The minimum Gasteiger partial charge on any atom is -0.493 e. The first-order valence-electron chi connectivity index (χ1n) is 10.5. The van der Waals surface area contributed by atoms with E-state index in [9.17, 15) is 4.79 Å². The van der Waals surface area contributed by atoms with Crippen molar-refractivity contribution >= 4 is 28.6 Å². The van der Waals surface area contributed by atoms with Crippen LogP contribution in [0.15, 0.2) is 47.8 Å². The number of ether oxygens (including phenoxy) is 2. The molecule has 8 heteroatoms. The molecule has 0 aliphatic carbocycles. The van der Waals surface area contributed by atoms with Crippen LogP contribution in [0.4, 0.5) is 0 Å². The zero-order valence-electron chi connectivity index (χ0n) is 19.0. The number of rotatable bonds is 8. The van der Waals surface area contributed by atoms with E-state index in [1.165, 1.54) is 16.9 Å². The van der Waals surface area contributed by atoms with Gasteiger partial charge < -0.3 is 14.8 Å². The molecule has 2 aromatic heterocycles. The third-order valence-corrected chi connectivity index (χ3v) is 7.30. The van der Waals surface area contributed by atoms with Crippen LogP contribution < -0.4 is 14.8 Å². The molecular formula is C25H25N3O3S2. The lowest BCUT2D eigenvalue weighted by atomic mass is 10.2. The van der Waals surface area contributed by atoms with E-state index < -0.39 is 0 Å². The first-order chi connectivity index (χ1) is 16.0. The summed E-state index contributed by atoms with van der Waals surface area (Å²) in [6.45, 7) is 4.43. The van der Waals surface area contributed by atoms with Crippen molar-refractivity contribution < 1.29 is 14.3 Å². The number of aromatic nitrogens is 2. The summed E-state index contributed by atoms with van der Waals surface area (Å²) in [6.07, 6.45) is 0.675. The maximum atomic E-state index is 12.8. The molecule has 0 aliphatic heterocycles. The normalized spacial score (nSPS) is 10.8. The van der Waals surface area contributed by atoms with Crippen LogP contribution in [0, 0.1) is 13.8 Å². The Morgan fingerprint density at radius 1 is 0.939 bits per heavy atom. The first-order valence-corrected chi connectivity index (χ1v) is 12.2. The largest absolute Gasteiger partial charge is 0.493 e. The number of methoxy groups -OCH3 is 2. The average molecular weight is 480 g/mol. The van der Waals surface area contributed by atoms with E-state index in [2.05, 4.69) is 46.9 Å².